The van der Waals surface area contributed by atoms with Crippen LogP contribution >= 0.6 is 0 Å². The number of carbonyl (C=O) groups excluding carboxylic acids is 1. The van der Waals surface area contributed by atoms with Gasteiger partial charge in [0.05, 0.1) is 19.9 Å². The molecule has 1 aromatic carbocycles. The van der Waals surface area contributed by atoms with Gasteiger partial charge in [-0.1, -0.05) is 18.0 Å². The number of hydrogen-bond donors (Lipinski definition) is 0. The maximum Gasteiger partial charge on any atom is 0.296 e. The summed E-state index contributed by atoms with van der Waals surface area (Å²) in [6, 6.07) is 7.09. The van der Waals surface area contributed by atoms with Crippen molar-refractivity contribution in [3.05, 3.63) is 35.7 Å². The molecule has 2 aromatic rings. The molecule has 1 aromatic heterocycles. The summed E-state index contributed by atoms with van der Waals surface area (Å²) < 4.78 is 15.8. The van der Waals surface area contributed by atoms with Crippen LogP contribution in [0.4, 0.5) is 5.69 Å². The number of carbonyl (C=O) groups is 1. The molecule has 0 bridgehead atoms. The van der Waals surface area contributed by atoms with E-state index in [1.54, 1.807) is 45.5 Å². The van der Waals surface area contributed by atoms with Gasteiger partial charge in [-0.3, -0.25) is 4.79 Å². The van der Waals surface area contributed by atoms with Gasteiger partial charge in [0.15, 0.2) is 11.5 Å². The lowest BCUT2D eigenvalue weighted by atomic mass is 10.0. The van der Waals surface area contributed by atoms with E-state index in [2.05, 4.69) is 5.16 Å². The van der Waals surface area contributed by atoms with Crippen LogP contribution in [0.2, 0.25) is 0 Å². The van der Waals surface area contributed by atoms with E-state index >= 15 is 0 Å². The van der Waals surface area contributed by atoms with E-state index in [4.69, 9.17) is 14.0 Å². The van der Waals surface area contributed by atoms with Crippen LogP contribution in [-0.4, -0.2) is 32.3 Å². The second-order valence-electron chi connectivity index (χ2n) is 6.00. The van der Waals surface area contributed by atoms with Gasteiger partial charge in [-0.15, -0.1) is 0 Å². The molecule has 0 N–H and O–H groups in total. The van der Waals surface area contributed by atoms with E-state index in [1.807, 2.05) is 0 Å². The first-order valence-corrected chi connectivity index (χ1v) is 8.10. The van der Waals surface area contributed by atoms with Crippen LogP contribution in [0.25, 0.3) is 0 Å². The van der Waals surface area contributed by atoms with Crippen molar-refractivity contribution in [3.8, 4) is 11.5 Å². The molecule has 0 radical (unpaired) electrons. The SMILES string of the molecule is COc1ccc(N(C)C(=O)c2cc(C3CCCC3)no2)cc1OC. The number of amides is 1. The molecule has 1 amide bonds. The highest BCUT2D eigenvalue weighted by Gasteiger charge is 2.25. The first-order valence-electron chi connectivity index (χ1n) is 8.10. The largest absolute Gasteiger partial charge is 0.493 e. The van der Waals surface area contributed by atoms with Crippen molar-refractivity contribution >= 4 is 11.6 Å². The summed E-state index contributed by atoms with van der Waals surface area (Å²) in [7, 11) is 4.83. The van der Waals surface area contributed by atoms with Gasteiger partial charge in [-0.25, -0.2) is 0 Å². The first kappa shape index (κ1) is 16.4. The standard InChI is InChI=1S/C18H22N2O4/c1-20(13-8-9-15(22-2)16(10-13)23-3)18(21)17-11-14(19-24-17)12-6-4-5-7-12/h8-12H,4-7H2,1-3H3. The van der Waals surface area contributed by atoms with Gasteiger partial charge < -0.3 is 18.9 Å². The van der Waals surface area contributed by atoms with Crippen LogP contribution in [-0.2, 0) is 0 Å². The summed E-state index contributed by atoms with van der Waals surface area (Å²) in [6.07, 6.45) is 4.66. The van der Waals surface area contributed by atoms with Crippen LogP contribution < -0.4 is 14.4 Å². The lowest BCUT2D eigenvalue weighted by Crippen LogP contribution is -2.25. The Morgan fingerprint density at radius 3 is 2.54 bits per heavy atom. The zero-order valence-corrected chi connectivity index (χ0v) is 14.2. The molecule has 0 unspecified atom stereocenters. The summed E-state index contributed by atoms with van der Waals surface area (Å²) >= 11 is 0. The maximum absolute atomic E-state index is 12.6. The fraction of sp³-hybridized carbons (Fsp3) is 0.444. The monoisotopic (exact) mass is 330 g/mol. The Labute approximate surface area is 141 Å². The molecule has 1 saturated carbocycles. The van der Waals surface area contributed by atoms with Crippen LogP contribution in [0, 0.1) is 0 Å². The van der Waals surface area contributed by atoms with Crippen molar-refractivity contribution in [2.75, 3.05) is 26.2 Å². The number of methoxy groups -OCH3 is 2. The van der Waals surface area contributed by atoms with Crippen LogP contribution in [0.1, 0.15) is 47.8 Å². The predicted molar refractivity (Wildman–Crippen MR) is 90.0 cm³/mol. The van der Waals surface area contributed by atoms with Crippen LogP contribution in [0.15, 0.2) is 28.8 Å². The molecule has 0 atom stereocenters. The maximum atomic E-state index is 12.6. The van der Waals surface area contributed by atoms with E-state index in [0.29, 0.717) is 23.1 Å². The number of rotatable bonds is 5. The zero-order valence-electron chi connectivity index (χ0n) is 14.2. The number of aromatic nitrogens is 1. The molecule has 1 fully saturated rings. The highest BCUT2D eigenvalue weighted by Crippen LogP contribution is 2.34. The van der Waals surface area contributed by atoms with Gasteiger partial charge in [-0.2, -0.15) is 0 Å². The van der Waals surface area contributed by atoms with E-state index < -0.39 is 0 Å². The Balaban J connectivity index is 1.79. The summed E-state index contributed by atoms with van der Waals surface area (Å²) in [5, 5.41) is 4.09. The van der Waals surface area contributed by atoms with Crippen molar-refractivity contribution < 1.29 is 18.8 Å². The quantitative estimate of drug-likeness (QED) is 0.837. The highest BCUT2D eigenvalue weighted by molar-refractivity contribution is 6.04. The summed E-state index contributed by atoms with van der Waals surface area (Å²) in [4.78, 5) is 14.2. The number of anilines is 1. The Morgan fingerprint density at radius 2 is 1.88 bits per heavy atom. The third-order valence-electron chi connectivity index (χ3n) is 4.57. The van der Waals surface area contributed by atoms with Gasteiger partial charge in [0.1, 0.15) is 0 Å². The number of benzene rings is 1. The fourth-order valence-corrected chi connectivity index (χ4v) is 3.12. The third kappa shape index (κ3) is 3.09. The molecule has 0 spiro atoms. The van der Waals surface area contributed by atoms with Crippen LogP contribution in [0.3, 0.4) is 0 Å². The average molecular weight is 330 g/mol. The molecule has 3 rings (SSSR count). The molecular weight excluding hydrogens is 308 g/mol. The van der Waals surface area contributed by atoms with Gasteiger partial charge >= 0.3 is 0 Å². The minimum atomic E-state index is -0.237. The van der Waals surface area contributed by atoms with Gasteiger partial charge in [0.25, 0.3) is 5.91 Å². The molecule has 1 heterocycles. The van der Waals surface area contributed by atoms with E-state index in [-0.39, 0.29) is 11.7 Å². The Kier molecular flexibility index (Phi) is 4.74. The summed E-state index contributed by atoms with van der Waals surface area (Å²) in [6.45, 7) is 0. The second-order valence-corrected chi connectivity index (χ2v) is 6.00. The predicted octanol–water partition coefficient (Wildman–Crippen LogP) is 3.63. The minimum Gasteiger partial charge on any atom is -0.493 e. The zero-order chi connectivity index (χ0) is 17.1. The minimum absolute atomic E-state index is 0.237. The Bertz CT molecular complexity index is 720. The Morgan fingerprint density at radius 1 is 1.17 bits per heavy atom. The van der Waals surface area contributed by atoms with Crippen molar-refractivity contribution in [2.24, 2.45) is 0 Å². The molecule has 6 nitrogen and oxygen atoms in total. The van der Waals surface area contributed by atoms with Crippen molar-refractivity contribution in [2.45, 2.75) is 31.6 Å². The normalized spacial score (nSPS) is 14.6. The molecular formula is C18H22N2O4. The number of nitrogens with zero attached hydrogens (tertiary/aromatic N) is 2. The van der Waals surface area contributed by atoms with Crippen molar-refractivity contribution in [3.63, 3.8) is 0 Å². The van der Waals surface area contributed by atoms with Crippen molar-refractivity contribution in [1.82, 2.24) is 5.16 Å². The van der Waals surface area contributed by atoms with E-state index in [0.717, 1.165) is 18.5 Å². The molecule has 6 heteroatoms. The molecule has 0 saturated heterocycles. The van der Waals surface area contributed by atoms with E-state index in [1.165, 1.54) is 17.7 Å². The number of hydrogen-bond acceptors (Lipinski definition) is 5. The third-order valence-corrected chi connectivity index (χ3v) is 4.57. The lowest BCUT2D eigenvalue weighted by Gasteiger charge is -2.17. The lowest BCUT2D eigenvalue weighted by molar-refractivity contribution is 0.0957. The average Bonchev–Trinajstić information content (AvgIpc) is 3.30. The van der Waals surface area contributed by atoms with Gasteiger partial charge in [0.2, 0.25) is 5.76 Å². The van der Waals surface area contributed by atoms with Crippen LogP contribution in [0.5, 0.6) is 11.5 Å². The van der Waals surface area contributed by atoms with Crippen molar-refractivity contribution in [1.29, 1.82) is 0 Å². The smallest absolute Gasteiger partial charge is 0.296 e. The molecule has 1 aliphatic carbocycles. The molecule has 0 aliphatic heterocycles. The van der Waals surface area contributed by atoms with Gasteiger partial charge in [0, 0.05) is 30.8 Å². The topological polar surface area (TPSA) is 64.8 Å². The fourth-order valence-electron chi connectivity index (χ4n) is 3.12. The summed E-state index contributed by atoms with van der Waals surface area (Å²) in [5.74, 6) is 1.62. The summed E-state index contributed by atoms with van der Waals surface area (Å²) in [5.41, 5.74) is 1.58. The second kappa shape index (κ2) is 6.95. The number of ether oxygens (including phenoxy) is 2. The van der Waals surface area contributed by atoms with E-state index in [9.17, 15) is 4.79 Å². The van der Waals surface area contributed by atoms with Gasteiger partial charge in [-0.05, 0) is 25.0 Å². The molecule has 1 aliphatic rings. The molecule has 128 valence electrons. The molecule has 24 heavy (non-hydrogen) atoms. The first-order chi connectivity index (χ1) is 11.6. The Hall–Kier alpha value is -2.50. The highest BCUT2D eigenvalue weighted by atomic mass is 16.5.